The number of methoxy groups -OCH3 is 1. The van der Waals surface area contributed by atoms with Crippen molar-refractivity contribution >= 4 is 17.8 Å². The minimum atomic E-state index is -0.880. The summed E-state index contributed by atoms with van der Waals surface area (Å²) in [4.78, 5) is 34.6. The molecule has 1 saturated heterocycles. The molecule has 1 aliphatic rings. The highest BCUT2D eigenvalue weighted by molar-refractivity contribution is 5.93. The van der Waals surface area contributed by atoms with Gasteiger partial charge in [0.1, 0.15) is 12.1 Å². The predicted octanol–water partition coefficient (Wildman–Crippen LogP) is -0.527. The van der Waals surface area contributed by atoms with Crippen LogP contribution in [0.25, 0.3) is 0 Å². The van der Waals surface area contributed by atoms with Crippen molar-refractivity contribution in [3.8, 4) is 6.07 Å². The number of amides is 2. The average molecular weight is 267 g/mol. The van der Waals surface area contributed by atoms with E-state index in [0.717, 1.165) is 0 Å². The Morgan fingerprint density at radius 3 is 2.79 bits per heavy atom. The van der Waals surface area contributed by atoms with Crippen LogP contribution in [0.5, 0.6) is 0 Å². The summed E-state index contributed by atoms with van der Waals surface area (Å²) in [5.41, 5.74) is 0. The first kappa shape index (κ1) is 15.0. The van der Waals surface area contributed by atoms with Gasteiger partial charge in [0.15, 0.2) is 0 Å². The molecule has 3 atom stereocenters. The van der Waals surface area contributed by atoms with Gasteiger partial charge in [-0.25, -0.2) is 4.79 Å². The molecule has 0 aromatic rings. The molecule has 1 rings (SSSR count). The van der Waals surface area contributed by atoms with Crippen LogP contribution >= 0.6 is 0 Å². The van der Waals surface area contributed by atoms with E-state index in [1.54, 1.807) is 6.92 Å². The van der Waals surface area contributed by atoms with Crippen molar-refractivity contribution in [1.29, 1.82) is 5.26 Å². The van der Waals surface area contributed by atoms with E-state index in [0.29, 0.717) is 12.8 Å². The van der Waals surface area contributed by atoms with Crippen LogP contribution in [-0.4, -0.2) is 37.0 Å². The molecule has 1 heterocycles. The molecule has 0 radical (unpaired) electrons. The summed E-state index contributed by atoms with van der Waals surface area (Å²) in [5, 5.41) is 13.7. The molecule has 0 aromatic carbocycles. The third-order valence-corrected chi connectivity index (χ3v) is 3.05. The second-order valence-electron chi connectivity index (χ2n) is 4.51. The van der Waals surface area contributed by atoms with Crippen molar-refractivity contribution in [2.24, 2.45) is 5.92 Å². The molecule has 19 heavy (non-hydrogen) atoms. The second kappa shape index (κ2) is 6.73. The number of nitrogens with one attached hydrogen (secondary N) is 2. The summed E-state index contributed by atoms with van der Waals surface area (Å²) in [6, 6.07) is 0.451. The topological polar surface area (TPSA) is 108 Å². The number of nitriles is 1. The van der Waals surface area contributed by atoms with E-state index in [9.17, 15) is 14.4 Å². The standard InChI is InChI=1S/C12H17N3O4/c1-7(5-6-13)10(12(18)19-2)15-11(17)8-3-4-9(16)14-8/h7-8,10H,3-5H2,1-2H3,(H,14,16)(H,15,17)/t7-,8+,10+/m1/s1. The van der Waals surface area contributed by atoms with E-state index >= 15 is 0 Å². The van der Waals surface area contributed by atoms with E-state index in [1.807, 2.05) is 6.07 Å². The largest absolute Gasteiger partial charge is 0.467 e. The zero-order valence-corrected chi connectivity index (χ0v) is 10.9. The van der Waals surface area contributed by atoms with E-state index in [1.165, 1.54) is 7.11 Å². The summed E-state index contributed by atoms with van der Waals surface area (Å²) in [6.07, 6.45) is 0.830. The maximum atomic E-state index is 11.9. The zero-order chi connectivity index (χ0) is 14.4. The zero-order valence-electron chi connectivity index (χ0n) is 10.9. The number of carbonyl (C=O) groups is 3. The molecule has 0 unspecified atom stereocenters. The molecule has 2 N–H and O–H groups in total. The van der Waals surface area contributed by atoms with Crippen molar-refractivity contribution in [2.45, 2.75) is 38.3 Å². The lowest BCUT2D eigenvalue weighted by atomic mass is 9.98. The van der Waals surface area contributed by atoms with Gasteiger partial charge < -0.3 is 15.4 Å². The highest BCUT2D eigenvalue weighted by Gasteiger charge is 2.33. The lowest BCUT2D eigenvalue weighted by Gasteiger charge is -2.22. The van der Waals surface area contributed by atoms with Gasteiger partial charge in [-0.15, -0.1) is 0 Å². The van der Waals surface area contributed by atoms with Crippen LogP contribution in [0.1, 0.15) is 26.2 Å². The van der Waals surface area contributed by atoms with Crippen molar-refractivity contribution < 1.29 is 19.1 Å². The summed E-state index contributed by atoms with van der Waals surface area (Å²) >= 11 is 0. The van der Waals surface area contributed by atoms with Gasteiger partial charge in [-0.2, -0.15) is 5.26 Å². The summed E-state index contributed by atoms with van der Waals surface area (Å²) in [6.45, 7) is 1.68. The van der Waals surface area contributed by atoms with Gasteiger partial charge in [-0.05, 0) is 6.42 Å². The van der Waals surface area contributed by atoms with E-state index in [4.69, 9.17) is 5.26 Å². The molecule has 0 spiro atoms. The van der Waals surface area contributed by atoms with E-state index in [2.05, 4.69) is 15.4 Å². The SMILES string of the molecule is COC(=O)[C@@H](NC(=O)[C@@H]1CCC(=O)N1)[C@H](C)CC#N. The lowest BCUT2D eigenvalue weighted by Crippen LogP contribution is -2.51. The molecule has 1 aliphatic heterocycles. The van der Waals surface area contributed by atoms with Crippen LogP contribution in [0.2, 0.25) is 0 Å². The minimum absolute atomic E-state index is 0.122. The first-order valence-corrected chi connectivity index (χ1v) is 6.04. The molecule has 0 saturated carbocycles. The van der Waals surface area contributed by atoms with Crippen molar-refractivity contribution in [3.05, 3.63) is 0 Å². The Labute approximate surface area is 111 Å². The third kappa shape index (κ3) is 3.95. The molecule has 2 amide bonds. The van der Waals surface area contributed by atoms with Gasteiger partial charge >= 0.3 is 5.97 Å². The number of nitrogens with zero attached hydrogens (tertiary/aromatic N) is 1. The Kier molecular flexibility index (Phi) is 5.30. The van der Waals surface area contributed by atoms with Gasteiger partial charge in [-0.1, -0.05) is 6.92 Å². The molecular formula is C12H17N3O4. The van der Waals surface area contributed by atoms with Crippen LogP contribution in [0.15, 0.2) is 0 Å². The molecule has 7 nitrogen and oxygen atoms in total. The molecule has 0 aromatic heterocycles. The molecule has 1 fully saturated rings. The fraction of sp³-hybridized carbons (Fsp3) is 0.667. The first-order chi connectivity index (χ1) is 8.99. The number of esters is 1. The maximum absolute atomic E-state index is 11.9. The van der Waals surface area contributed by atoms with Gasteiger partial charge in [0, 0.05) is 18.8 Å². The van der Waals surface area contributed by atoms with Crippen LogP contribution in [0.3, 0.4) is 0 Å². The van der Waals surface area contributed by atoms with Crippen LogP contribution < -0.4 is 10.6 Å². The fourth-order valence-electron chi connectivity index (χ4n) is 1.89. The molecular weight excluding hydrogens is 250 g/mol. The lowest BCUT2D eigenvalue weighted by molar-refractivity contribution is -0.146. The van der Waals surface area contributed by atoms with E-state index < -0.39 is 24.0 Å². The second-order valence-corrected chi connectivity index (χ2v) is 4.51. The minimum Gasteiger partial charge on any atom is -0.467 e. The fourth-order valence-corrected chi connectivity index (χ4v) is 1.89. The normalized spacial score (nSPS) is 20.9. The van der Waals surface area contributed by atoms with Gasteiger partial charge in [0.2, 0.25) is 11.8 Å². The highest BCUT2D eigenvalue weighted by atomic mass is 16.5. The predicted molar refractivity (Wildman–Crippen MR) is 64.5 cm³/mol. The Balaban J connectivity index is 2.66. The third-order valence-electron chi connectivity index (χ3n) is 3.05. The van der Waals surface area contributed by atoms with Crippen molar-refractivity contribution in [1.82, 2.24) is 10.6 Å². The van der Waals surface area contributed by atoms with E-state index in [-0.39, 0.29) is 18.2 Å². The Morgan fingerprint density at radius 2 is 2.32 bits per heavy atom. The Morgan fingerprint density at radius 1 is 1.63 bits per heavy atom. The van der Waals surface area contributed by atoms with Gasteiger partial charge in [0.25, 0.3) is 0 Å². The maximum Gasteiger partial charge on any atom is 0.328 e. The van der Waals surface area contributed by atoms with Crippen molar-refractivity contribution in [2.75, 3.05) is 7.11 Å². The van der Waals surface area contributed by atoms with Crippen LogP contribution in [-0.2, 0) is 19.1 Å². The number of rotatable bonds is 5. The van der Waals surface area contributed by atoms with Crippen molar-refractivity contribution in [3.63, 3.8) is 0 Å². The number of hydrogen-bond acceptors (Lipinski definition) is 5. The molecule has 0 aliphatic carbocycles. The molecule has 7 heteroatoms. The first-order valence-electron chi connectivity index (χ1n) is 6.04. The van der Waals surface area contributed by atoms with Gasteiger partial charge in [0.05, 0.1) is 13.2 Å². The average Bonchev–Trinajstić information content (AvgIpc) is 2.81. The Hall–Kier alpha value is -2.10. The monoisotopic (exact) mass is 267 g/mol. The molecule has 104 valence electrons. The van der Waals surface area contributed by atoms with Crippen LogP contribution in [0.4, 0.5) is 0 Å². The number of hydrogen-bond donors (Lipinski definition) is 2. The summed E-state index contributed by atoms with van der Waals surface area (Å²) < 4.78 is 4.61. The number of carbonyl (C=O) groups excluding carboxylic acids is 3. The quantitative estimate of drug-likeness (QED) is 0.651. The van der Waals surface area contributed by atoms with Gasteiger partial charge in [-0.3, -0.25) is 9.59 Å². The number of ether oxygens (including phenoxy) is 1. The highest BCUT2D eigenvalue weighted by Crippen LogP contribution is 2.12. The van der Waals surface area contributed by atoms with Crippen LogP contribution in [0, 0.1) is 17.2 Å². The summed E-state index contributed by atoms with van der Waals surface area (Å²) in [7, 11) is 1.22. The molecule has 0 bridgehead atoms. The Bertz CT molecular complexity index is 416. The summed E-state index contributed by atoms with van der Waals surface area (Å²) in [5.74, 6) is -1.56. The smallest absolute Gasteiger partial charge is 0.328 e.